The molecule has 7 heteroatoms. The molecule has 7 nitrogen and oxygen atoms in total. The lowest BCUT2D eigenvalue weighted by atomic mass is 9.33. The zero-order chi connectivity index (χ0) is 35.3. The molecule has 1 amide bonds. The van der Waals surface area contributed by atoms with Crippen molar-refractivity contribution in [2.75, 3.05) is 14.2 Å². The van der Waals surface area contributed by atoms with Crippen LogP contribution in [0, 0.1) is 68.0 Å². The fraction of sp³-hybridized carbons (Fsp3) is 0.707. The number of esters is 2. The van der Waals surface area contributed by atoms with Gasteiger partial charge in [0.1, 0.15) is 6.04 Å². The minimum absolute atomic E-state index is 0.0318. The summed E-state index contributed by atoms with van der Waals surface area (Å²) < 4.78 is 10.6. The molecule has 4 aliphatic rings. The van der Waals surface area contributed by atoms with Gasteiger partial charge in [-0.2, -0.15) is 5.26 Å². The van der Waals surface area contributed by atoms with Crippen molar-refractivity contribution in [3.8, 4) is 6.07 Å². The van der Waals surface area contributed by atoms with E-state index in [9.17, 15) is 19.6 Å². The molecule has 0 saturated heterocycles. The molecular formula is C41H58N2O5. The highest BCUT2D eigenvalue weighted by molar-refractivity contribution is 5.88. The third-order valence-corrected chi connectivity index (χ3v) is 14.9. The van der Waals surface area contributed by atoms with Crippen LogP contribution in [-0.4, -0.2) is 38.1 Å². The molecule has 1 N–H and O–H groups in total. The molecule has 0 heterocycles. The smallest absolute Gasteiger partial charge is 0.328 e. The first-order valence-electron chi connectivity index (χ1n) is 18.1. The average molecular weight is 659 g/mol. The van der Waals surface area contributed by atoms with E-state index in [1.54, 1.807) is 0 Å². The Balaban J connectivity index is 1.47. The highest BCUT2D eigenvalue weighted by atomic mass is 16.5. The van der Waals surface area contributed by atoms with Crippen molar-refractivity contribution in [1.29, 1.82) is 5.26 Å². The van der Waals surface area contributed by atoms with Crippen LogP contribution in [0.4, 0.5) is 0 Å². The molecule has 0 spiro atoms. The molecule has 10 atom stereocenters. The van der Waals surface area contributed by atoms with E-state index in [-0.39, 0.29) is 40.5 Å². The van der Waals surface area contributed by atoms with E-state index < -0.39 is 28.3 Å². The first kappa shape index (κ1) is 36.1. The number of hydrogen-bond donors (Lipinski definition) is 1. The Hall–Kier alpha value is -3.14. The number of rotatable bonds is 9. The largest absolute Gasteiger partial charge is 0.469 e. The second-order valence-electron chi connectivity index (χ2n) is 17.1. The quantitative estimate of drug-likeness (QED) is 0.214. The van der Waals surface area contributed by atoms with Crippen LogP contribution >= 0.6 is 0 Å². The molecule has 1 aromatic carbocycles. The Morgan fingerprint density at radius 3 is 2.27 bits per heavy atom. The summed E-state index contributed by atoms with van der Waals surface area (Å²) in [4.78, 5) is 40.8. The minimum Gasteiger partial charge on any atom is -0.469 e. The minimum atomic E-state index is -0.837. The van der Waals surface area contributed by atoms with Crippen LogP contribution in [-0.2, 0) is 30.3 Å². The molecular weight excluding hydrogens is 600 g/mol. The lowest BCUT2D eigenvalue weighted by Crippen LogP contribution is -2.66. The first-order valence-corrected chi connectivity index (χ1v) is 18.1. The molecule has 4 saturated carbocycles. The fourth-order valence-corrected chi connectivity index (χ4v) is 12.4. The highest BCUT2D eigenvalue weighted by Gasteiger charge is 2.71. The van der Waals surface area contributed by atoms with Crippen LogP contribution < -0.4 is 5.32 Å². The number of methoxy groups -OCH3 is 2. The van der Waals surface area contributed by atoms with Gasteiger partial charge in [-0.3, -0.25) is 9.59 Å². The highest BCUT2D eigenvalue weighted by Crippen LogP contribution is 2.76. The summed E-state index contributed by atoms with van der Waals surface area (Å²) in [6.45, 7) is 17.7. The number of carbonyl (C=O) groups excluding carboxylic acids is 3. The van der Waals surface area contributed by atoms with Gasteiger partial charge < -0.3 is 14.8 Å². The summed E-state index contributed by atoms with van der Waals surface area (Å²) in [7, 11) is 2.89. The van der Waals surface area contributed by atoms with E-state index in [4.69, 9.17) is 9.47 Å². The maximum atomic E-state index is 14.3. The molecule has 5 rings (SSSR count). The van der Waals surface area contributed by atoms with E-state index in [1.165, 1.54) is 19.8 Å². The molecule has 4 aliphatic carbocycles. The monoisotopic (exact) mass is 658 g/mol. The third kappa shape index (κ3) is 5.41. The summed E-state index contributed by atoms with van der Waals surface area (Å²) in [5, 5.41) is 13.4. The van der Waals surface area contributed by atoms with Crippen molar-refractivity contribution < 1.29 is 23.9 Å². The van der Waals surface area contributed by atoms with Crippen LogP contribution in [0.15, 0.2) is 42.5 Å². The van der Waals surface area contributed by atoms with E-state index in [0.717, 1.165) is 56.9 Å². The number of ether oxygens (including phenoxy) is 2. The second-order valence-corrected chi connectivity index (χ2v) is 17.1. The molecule has 48 heavy (non-hydrogen) atoms. The predicted molar refractivity (Wildman–Crippen MR) is 186 cm³/mol. The fourth-order valence-electron chi connectivity index (χ4n) is 12.4. The maximum absolute atomic E-state index is 14.3. The number of hydrogen-bond acceptors (Lipinski definition) is 6. The molecule has 262 valence electrons. The van der Waals surface area contributed by atoms with Crippen molar-refractivity contribution >= 4 is 17.8 Å². The van der Waals surface area contributed by atoms with Gasteiger partial charge in [-0.05, 0) is 110 Å². The Labute approximate surface area is 288 Å². The predicted octanol–water partition coefficient (Wildman–Crippen LogP) is 7.84. The molecule has 0 bridgehead atoms. The first-order chi connectivity index (χ1) is 22.6. The number of allylic oxidation sites excluding steroid dienone is 1. The van der Waals surface area contributed by atoms with Crippen molar-refractivity contribution in [2.45, 2.75) is 112 Å². The Morgan fingerprint density at radius 2 is 1.67 bits per heavy atom. The standard InChI is InChI=1S/C41H58N2O5/c1-26(2)28-17-20-41(36(46)48-9)22-21-39(6)29(33(28)41)15-16-32-38(5,23-24-42)31(18-19-40(32,39)7)37(3,4)35(45)43-30(34(44)47-8)25-27-13-11-10-12-14-27/h10-14,28-33H,1,15-23,25H2,2-9H3,(H,43,45)/t28-,29+,30-,31-,32+,33+,38-,39+,40+,41-/m0/s1. The molecule has 0 aliphatic heterocycles. The number of fused-ring (bicyclic) bond motifs is 5. The van der Waals surface area contributed by atoms with Gasteiger partial charge in [0.25, 0.3) is 0 Å². The number of nitrogens with one attached hydrogen (secondary N) is 1. The topological polar surface area (TPSA) is 105 Å². The number of nitriles is 1. The normalized spacial score (nSPS) is 37.9. The van der Waals surface area contributed by atoms with Gasteiger partial charge >= 0.3 is 11.9 Å². The van der Waals surface area contributed by atoms with Gasteiger partial charge in [0.05, 0.1) is 25.7 Å². The molecule has 0 radical (unpaired) electrons. The Morgan fingerprint density at radius 1 is 0.979 bits per heavy atom. The Kier molecular flexibility index (Phi) is 9.76. The average Bonchev–Trinajstić information content (AvgIpc) is 3.46. The molecule has 4 fully saturated rings. The van der Waals surface area contributed by atoms with Crippen LogP contribution in [0.1, 0.15) is 105 Å². The molecule has 0 aromatic heterocycles. The molecule has 1 aromatic rings. The molecule has 0 unspecified atom stereocenters. The van der Waals surface area contributed by atoms with E-state index in [0.29, 0.717) is 24.7 Å². The van der Waals surface area contributed by atoms with Crippen LogP contribution in [0.2, 0.25) is 0 Å². The van der Waals surface area contributed by atoms with Gasteiger partial charge in [0.15, 0.2) is 0 Å². The number of carbonyl (C=O) groups is 3. The van der Waals surface area contributed by atoms with Gasteiger partial charge in [-0.25, -0.2) is 4.79 Å². The number of nitrogens with zero attached hydrogens (tertiary/aromatic N) is 1. The van der Waals surface area contributed by atoms with Crippen molar-refractivity contribution in [1.82, 2.24) is 5.32 Å². The summed E-state index contributed by atoms with van der Waals surface area (Å²) in [5.41, 5.74) is 0.305. The lowest BCUT2D eigenvalue weighted by molar-refractivity contribution is -0.229. The van der Waals surface area contributed by atoms with Crippen molar-refractivity contribution in [3.63, 3.8) is 0 Å². The van der Waals surface area contributed by atoms with Gasteiger partial charge in [0, 0.05) is 18.3 Å². The number of benzene rings is 1. The van der Waals surface area contributed by atoms with Gasteiger partial charge in [-0.15, -0.1) is 0 Å². The van der Waals surface area contributed by atoms with Gasteiger partial charge in [0.2, 0.25) is 5.91 Å². The van der Waals surface area contributed by atoms with Gasteiger partial charge in [-0.1, -0.05) is 77.1 Å². The zero-order valence-electron chi connectivity index (χ0n) is 30.6. The van der Waals surface area contributed by atoms with E-state index in [1.807, 2.05) is 44.2 Å². The zero-order valence-corrected chi connectivity index (χ0v) is 30.6. The van der Waals surface area contributed by atoms with Crippen LogP contribution in [0.5, 0.6) is 0 Å². The second kappa shape index (κ2) is 13.0. The lowest BCUT2D eigenvalue weighted by Gasteiger charge is -2.71. The third-order valence-electron chi connectivity index (χ3n) is 14.9. The summed E-state index contributed by atoms with van der Waals surface area (Å²) in [6, 6.07) is 11.4. The summed E-state index contributed by atoms with van der Waals surface area (Å²) >= 11 is 0. The van der Waals surface area contributed by atoms with Crippen LogP contribution in [0.25, 0.3) is 0 Å². The van der Waals surface area contributed by atoms with Crippen molar-refractivity contribution in [2.24, 2.45) is 56.7 Å². The van der Waals surface area contributed by atoms with E-state index >= 15 is 0 Å². The van der Waals surface area contributed by atoms with Crippen LogP contribution in [0.3, 0.4) is 0 Å². The summed E-state index contributed by atoms with van der Waals surface area (Å²) in [5.74, 6) is 0.339. The van der Waals surface area contributed by atoms with E-state index in [2.05, 4.69) is 45.7 Å². The Bertz CT molecular complexity index is 1460. The number of amides is 1. The maximum Gasteiger partial charge on any atom is 0.328 e. The van der Waals surface area contributed by atoms with Crippen molar-refractivity contribution in [3.05, 3.63) is 48.0 Å². The SMILES string of the molecule is C=C(C)[C@@H]1CC[C@]2(C(=O)OC)CC[C@]3(C)[C@H](CC[C@@H]4[C@@](C)(CC#N)[C@H](C(C)(C)C(=O)N[C@@H](Cc5ccccc5)C(=O)OC)CC[C@]43C)[C@@H]12. The summed E-state index contributed by atoms with van der Waals surface area (Å²) in [6.07, 6.45) is 8.05.